The maximum atomic E-state index is 14.4. The van der Waals surface area contributed by atoms with Crippen molar-refractivity contribution in [2.24, 2.45) is 0 Å². The van der Waals surface area contributed by atoms with Crippen molar-refractivity contribution < 1.29 is 9.13 Å². The summed E-state index contributed by atoms with van der Waals surface area (Å²) in [6.45, 7) is 2.83. The van der Waals surface area contributed by atoms with E-state index in [-0.39, 0.29) is 11.7 Å². The van der Waals surface area contributed by atoms with Crippen molar-refractivity contribution >= 4 is 0 Å². The van der Waals surface area contributed by atoms with Gasteiger partial charge in [-0.05, 0) is 49.2 Å². The molecule has 144 valence electrons. The molecule has 1 aliphatic rings. The Kier molecular flexibility index (Phi) is 5.63. The largest absolute Gasteiger partial charge is 0.497 e. The summed E-state index contributed by atoms with van der Waals surface area (Å²) in [5.41, 5.74) is 3.34. The molecule has 0 aliphatic carbocycles. The molecule has 2 heterocycles. The lowest BCUT2D eigenvalue weighted by atomic mass is 9.91. The molecular formula is C23H24FN3O. The summed E-state index contributed by atoms with van der Waals surface area (Å²) in [4.78, 5) is 11.5. The normalized spacial score (nSPS) is 17.4. The predicted molar refractivity (Wildman–Crippen MR) is 108 cm³/mol. The van der Waals surface area contributed by atoms with Crippen LogP contribution in [0, 0.1) is 5.82 Å². The molecular weight excluding hydrogens is 353 g/mol. The summed E-state index contributed by atoms with van der Waals surface area (Å²) >= 11 is 0. The molecule has 1 saturated heterocycles. The van der Waals surface area contributed by atoms with Gasteiger partial charge < -0.3 is 4.74 Å². The van der Waals surface area contributed by atoms with Crippen LogP contribution in [0.25, 0.3) is 11.3 Å². The Morgan fingerprint density at radius 1 is 1.07 bits per heavy atom. The average molecular weight is 377 g/mol. The first-order valence-corrected chi connectivity index (χ1v) is 9.65. The SMILES string of the molecule is COc1ccc(CN2CCCC(c3nccnc3-c3ccccc3F)C2)cc1. The first-order chi connectivity index (χ1) is 13.7. The molecule has 0 bridgehead atoms. The van der Waals surface area contributed by atoms with Crippen LogP contribution in [-0.2, 0) is 6.54 Å². The fourth-order valence-electron chi connectivity index (χ4n) is 3.92. The lowest BCUT2D eigenvalue weighted by Crippen LogP contribution is -2.34. The van der Waals surface area contributed by atoms with Crippen molar-refractivity contribution in [3.8, 4) is 17.0 Å². The zero-order chi connectivity index (χ0) is 19.3. The molecule has 0 amide bonds. The van der Waals surface area contributed by atoms with Gasteiger partial charge in [0, 0.05) is 37.0 Å². The highest BCUT2D eigenvalue weighted by molar-refractivity contribution is 5.62. The van der Waals surface area contributed by atoms with Gasteiger partial charge in [-0.1, -0.05) is 24.3 Å². The van der Waals surface area contributed by atoms with Crippen LogP contribution in [0.5, 0.6) is 5.75 Å². The van der Waals surface area contributed by atoms with E-state index in [4.69, 9.17) is 4.74 Å². The van der Waals surface area contributed by atoms with Gasteiger partial charge in [0.05, 0.1) is 18.5 Å². The molecule has 2 aromatic carbocycles. The molecule has 3 aromatic rings. The van der Waals surface area contributed by atoms with Crippen LogP contribution in [0.3, 0.4) is 0 Å². The molecule has 1 fully saturated rings. The Hall–Kier alpha value is -2.79. The molecule has 1 aliphatic heterocycles. The second kappa shape index (κ2) is 8.48. The van der Waals surface area contributed by atoms with Gasteiger partial charge in [-0.2, -0.15) is 0 Å². The highest BCUT2D eigenvalue weighted by atomic mass is 19.1. The maximum absolute atomic E-state index is 14.4. The number of methoxy groups -OCH3 is 1. The van der Waals surface area contributed by atoms with Gasteiger partial charge in [0.15, 0.2) is 0 Å². The van der Waals surface area contributed by atoms with E-state index in [2.05, 4.69) is 27.0 Å². The number of ether oxygens (including phenoxy) is 1. The number of piperidine rings is 1. The molecule has 1 atom stereocenters. The van der Waals surface area contributed by atoms with Crippen molar-refractivity contribution in [3.63, 3.8) is 0 Å². The Balaban J connectivity index is 1.54. The first-order valence-electron chi connectivity index (χ1n) is 9.65. The maximum Gasteiger partial charge on any atom is 0.132 e. The van der Waals surface area contributed by atoms with Crippen molar-refractivity contribution in [2.75, 3.05) is 20.2 Å². The lowest BCUT2D eigenvalue weighted by Gasteiger charge is -2.33. The van der Waals surface area contributed by atoms with Crippen LogP contribution < -0.4 is 4.74 Å². The summed E-state index contributed by atoms with van der Waals surface area (Å²) < 4.78 is 19.6. The number of nitrogens with zero attached hydrogens (tertiary/aromatic N) is 3. The number of halogens is 1. The van der Waals surface area contributed by atoms with Gasteiger partial charge >= 0.3 is 0 Å². The number of benzene rings is 2. The molecule has 4 rings (SSSR count). The van der Waals surface area contributed by atoms with Crippen molar-refractivity contribution in [3.05, 3.63) is 78.0 Å². The van der Waals surface area contributed by atoms with Crippen LogP contribution in [0.2, 0.25) is 0 Å². The minimum Gasteiger partial charge on any atom is -0.497 e. The zero-order valence-corrected chi connectivity index (χ0v) is 16.0. The molecule has 0 saturated carbocycles. The summed E-state index contributed by atoms with van der Waals surface area (Å²) in [5, 5.41) is 0. The van der Waals surface area contributed by atoms with E-state index < -0.39 is 0 Å². The third-order valence-corrected chi connectivity index (χ3v) is 5.31. The standard InChI is InChI=1S/C23H24FN3O/c1-28-19-10-8-17(9-11-19)15-27-14-4-5-18(16-27)22-23(26-13-12-25-22)20-6-2-3-7-21(20)24/h2-3,6-13,18H,4-5,14-16H2,1H3. The van der Waals surface area contributed by atoms with E-state index in [1.807, 2.05) is 18.2 Å². The van der Waals surface area contributed by atoms with Gasteiger partial charge in [-0.25, -0.2) is 4.39 Å². The Morgan fingerprint density at radius 2 is 1.86 bits per heavy atom. The van der Waals surface area contributed by atoms with Crippen LogP contribution in [0.1, 0.15) is 30.0 Å². The smallest absolute Gasteiger partial charge is 0.132 e. The van der Waals surface area contributed by atoms with E-state index in [0.29, 0.717) is 11.3 Å². The van der Waals surface area contributed by atoms with E-state index in [9.17, 15) is 4.39 Å². The highest BCUT2D eigenvalue weighted by Crippen LogP contribution is 2.33. The molecule has 1 aromatic heterocycles. The lowest BCUT2D eigenvalue weighted by molar-refractivity contribution is 0.198. The minimum absolute atomic E-state index is 0.246. The molecule has 1 unspecified atom stereocenters. The quantitative estimate of drug-likeness (QED) is 0.648. The fraction of sp³-hybridized carbons (Fsp3) is 0.304. The fourth-order valence-corrected chi connectivity index (χ4v) is 3.92. The van der Waals surface area contributed by atoms with Crippen molar-refractivity contribution in [2.45, 2.75) is 25.3 Å². The summed E-state index contributed by atoms with van der Waals surface area (Å²) in [6, 6.07) is 15.0. The Labute approximate surface area is 165 Å². The molecule has 0 spiro atoms. The second-order valence-corrected chi connectivity index (χ2v) is 7.19. The van der Waals surface area contributed by atoms with Crippen LogP contribution in [-0.4, -0.2) is 35.1 Å². The second-order valence-electron chi connectivity index (χ2n) is 7.19. The predicted octanol–water partition coefficient (Wildman–Crippen LogP) is 4.67. The monoisotopic (exact) mass is 377 g/mol. The van der Waals surface area contributed by atoms with Gasteiger partial charge in [0.2, 0.25) is 0 Å². The first kappa shape index (κ1) is 18.6. The molecule has 28 heavy (non-hydrogen) atoms. The van der Waals surface area contributed by atoms with Crippen LogP contribution in [0.4, 0.5) is 4.39 Å². The molecule has 0 N–H and O–H groups in total. The average Bonchev–Trinajstić information content (AvgIpc) is 2.75. The third kappa shape index (κ3) is 4.04. The number of hydrogen-bond donors (Lipinski definition) is 0. The molecule has 5 heteroatoms. The van der Waals surface area contributed by atoms with E-state index >= 15 is 0 Å². The third-order valence-electron chi connectivity index (χ3n) is 5.31. The van der Waals surface area contributed by atoms with Crippen molar-refractivity contribution in [1.82, 2.24) is 14.9 Å². The Bertz CT molecular complexity index is 929. The van der Waals surface area contributed by atoms with Crippen LogP contribution in [0.15, 0.2) is 60.9 Å². The van der Waals surface area contributed by atoms with Gasteiger partial charge in [-0.3, -0.25) is 14.9 Å². The molecule has 0 radical (unpaired) electrons. The van der Waals surface area contributed by atoms with Gasteiger partial charge in [0.25, 0.3) is 0 Å². The minimum atomic E-state index is -0.254. The number of likely N-dealkylation sites (tertiary alicyclic amines) is 1. The topological polar surface area (TPSA) is 38.2 Å². The summed E-state index contributed by atoms with van der Waals surface area (Å²) in [7, 11) is 1.68. The Morgan fingerprint density at radius 3 is 2.64 bits per heavy atom. The number of rotatable bonds is 5. The number of hydrogen-bond acceptors (Lipinski definition) is 4. The summed E-state index contributed by atoms with van der Waals surface area (Å²) in [6.07, 6.45) is 5.48. The van der Waals surface area contributed by atoms with E-state index in [1.165, 1.54) is 11.6 Å². The van der Waals surface area contributed by atoms with E-state index in [1.54, 1.807) is 31.6 Å². The van der Waals surface area contributed by atoms with E-state index in [0.717, 1.165) is 43.9 Å². The number of aromatic nitrogens is 2. The van der Waals surface area contributed by atoms with Gasteiger partial charge in [0.1, 0.15) is 11.6 Å². The summed E-state index contributed by atoms with van der Waals surface area (Å²) in [5.74, 6) is 0.861. The molecule has 4 nitrogen and oxygen atoms in total. The van der Waals surface area contributed by atoms with Gasteiger partial charge in [-0.15, -0.1) is 0 Å². The van der Waals surface area contributed by atoms with Crippen LogP contribution >= 0.6 is 0 Å². The zero-order valence-electron chi connectivity index (χ0n) is 16.0. The van der Waals surface area contributed by atoms with Crippen molar-refractivity contribution in [1.29, 1.82) is 0 Å². The highest BCUT2D eigenvalue weighted by Gasteiger charge is 2.26.